The summed E-state index contributed by atoms with van der Waals surface area (Å²) in [6, 6.07) is 0. The second kappa shape index (κ2) is 8.20. The van der Waals surface area contributed by atoms with Crippen LogP contribution in [0.5, 0.6) is 0 Å². The van der Waals surface area contributed by atoms with Crippen LogP contribution in [0.25, 0.3) is 0 Å². The third kappa shape index (κ3) is 7.07. The van der Waals surface area contributed by atoms with Gasteiger partial charge in [-0.15, -0.1) is 0 Å². The zero-order chi connectivity index (χ0) is 12.5. The van der Waals surface area contributed by atoms with Crippen molar-refractivity contribution < 1.29 is 9.59 Å². The van der Waals surface area contributed by atoms with Gasteiger partial charge in [0.05, 0.1) is 6.54 Å². The summed E-state index contributed by atoms with van der Waals surface area (Å²) in [6.45, 7) is 6.59. The Kier molecular flexibility index (Phi) is 6.81. The number of hydrogen-bond donors (Lipinski definition) is 2. The normalized spacial score (nSPS) is 16.8. The molecule has 0 atom stereocenters. The number of piperazine rings is 1. The van der Waals surface area contributed by atoms with Gasteiger partial charge in [0.15, 0.2) is 0 Å². The minimum Gasteiger partial charge on any atom is -0.355 e. The molecule has 1 aliphatic rings. The number of nitrogens with zero attached hydrogens (tertiary/aromatic N) is 1. The number of rotatable bonds is 7. The van der Waals surface area contributed by atoms with Gasteiger partial charge in [0.1, 0.15) is 5.78 Å². The molecular formula is C12H23N3O2. The van der Waals surface area contributed by atoms with Gasteiger partial charge in [-0.3, -0.25) is 9.69 Å². The number of unbranched alkanes of at least 4 members (excludes halogenated alkanes) is 1. The van der Waals surface area contributed by atoms with Crippen molar-refractivity contribution in [1.29, 1.82) is 0 Å². The molecule has 0 bridgehead atoms. The topological polar surface area (TPSA) is 61.4 Å². The van der Waals surface area contributed by atoms with E-state index in [1.165, 1.54) is 0 Å². The van der Waals surface area contributed by atoms with E-state index in [-0.39, 0.29) is 11.7 Å². The van der Waals surface area contributed by atoms with Gasteiger partial charge in [0, 0.05) is 39.1 Å². The summed E-state index contributed by atoms with van der Waals surface area (Å²) in [4.78, 5) is 24.4. The van der Waals surface area contributed by atoms with Crippen molar-refractivity contribution in [3.8, 4) is 0 Å². The van der Waals surface area contributed by atoms with Crippen molar-refractivity contribution in [2.45, 2.75) is 26.2 Å². The fourth-order valence-electron chi connectivity index (χ4n) is 1.86. The van der Waals surface area contributed by atoms with Gasteiger partial charge >= 0.3 is 0 Å². The third-order valence-corrected chi connectivity index (χ3v) is 2.85. The molecular weight excluding hydrogens is 218 g/mol. The molecule has 0 saturated carbocycles. The van der Waals surface area contributed by atoms with Crippen molar-refractivity contribution in [3.63, 3.8) is 0 Å². The first kappa shape index (κ1) is 14.1. The zero-order valence-electron chi connectivity index (χ0n) is 10.6. The molecule has 5 heteroatoms. The molecule has 2 N–H and O–H groups in total. The van der Waals surface area contributed by atoms with Crippen LogP contribution in [-0.2, 0) is 9.59 Å². The SMILES string of the molecule is CC(=O)CCCCNC(=O)CN1CCNCC1. The first-order chi connectivity index (χ1) is 8.18. The molecule has 98 valence electrons. The summed E-state index contributed by atoms with van der Waals surface area (Å²) in [7, 11) is 0. The number of hydrogen-bond acceptors (Lipinski definition) is 4. The van der Waals surface area contributed by atoms with E-state index in [4.69, 9.17) is 0 Å². The number of carbonyl (C=O) groups excluding carboxylic acids is 2. The van der Waals surface area contributed by atoms with E-state index in [1.807, 2.05) is 0 Å². The predicted octanol–water partition coefficient (Wildman–Crippen LogP) is -0.233. The molecule has 5 nitrogen and oxygen atoms in total. The van der Waals surface area contributed by atoms with Crippen molar-refractivity contribution in [1.82, 2.24) is 15.5 Å². The van der Waals surface area contributed by atoms with Crippen molar-refractivity contribution in [3.05, 3.63) is 0 Å². The van der Waals surface area contributed by atoms with Gasteiger partial charge < -0.3 is 15.4 Å². The first-order valence-corrected chi connectivity index (χ1v) is 6.37. The number of ketones is 1. The molecule has 1 saturated heterocycles. The molecule has 0 radical (unpaired) electrons. The maximum Gasteiger partial charge on any atom is 0.234 e. The van der Waals surface area contributed by atoms with E-state index in [0.717, 1.165) is 39.0 Å². The van der Waals surface area contributed by atoms with E-state index in [2.05, 4.69) is 15.5 Å². The summed E-state index contributed by atoms with van der Waals surface area (Å²) in [5, 5.41) is 6.14. The predicted molar refractivity (Wildman–Crippen MR) is 66.9 cm³/mol. The lowest BCUT2D eigenvalue weighted by Crippen LogP contribution is -2.47. The van der Waals surface area contributed by atoms with Crippen molar-refractivity contribution >= 4 is 11.7 Å². The van der Waals surface area contributed by atoms with Crippen LogP contribution in [0.4, 0.5) is 0 Å². The van der Waals surface area contributed by atoms with Crippen LogP contribution in [0.1, 0.15) is 26.2 Å². The Morgan fingerprint density at radius 2 is 1.94 bits per heavy atom. The lowest BCUT2D eigenvalue weighted by atomic mass is 10.2. The van der Waals surface area contributed by atoms with Crippen molar-refractivity contribution in [2.75, 3.05) is 39.3 Å². The fraction of sp³-hybridized carbons (Fsp3) is 0.833. The molecule has 17 heavy (non-hydrogen) atoms. The van der Waals surface area contributed by atoms with E-state index < -0.39 is 0 Å². The maximum absolute atomic E-state index is 11.6. The molecule has 0 aliphatic carbocycles. The molecule has 1 amide bonds. The molecule has 1 aliphatic heterocycles. The summed E-state index contributed by atoms with van der Waals surface area (Å²) < 4.78 is 0. The van der Waals surface area contributed by atoms with E-state index >= 15 is 0 Å². The molecule has 0 aromatic heterocycles. The third-order valence-electron chi connectivity index (χ3n) is 2.85. The average molecular weight is 241 g/mol. The van der Waals surface area contributed by atoms with Crippen molar-refractivity contribution in [2.24, 2.45) is 0 Å². The smallest absolute Gasteiger partial charge is 0.234 e. The maximum atomic E-state index is 11.6. The lowest BCUT2D eigenvalue weighted by molar-refractivity contribution is -0.122. The van der Waals surface area contributed by atoms with Crippen LogP contribution in [-0.4, -0.2) is 55.9 Å². The quantitative estimate of drug-likeness (QED) is 0.604. The second-order valence-corrected chi connectivity index (χ2v) is 4.54. The van der Waals surface area contributed by atoms with Gasteiger partial charge in [0.2, 0.25) is 5.91 Å². The highest BCUT2D eigenvalue weighted by Gasteiger charge is 2.12. The molecule has 1 fully saturated rings. The number of carbonyl (C=O) groups is 2. The lowest BCUT2D eigenvalue weighted by Gasteiger charge is -2.26. The van der Waals surface area contributed by atoms with Crippen LogP contribution >= 0.6 is 0 Å². The molecule has 0 unspecified atom stereocenters. The number of amides is 1. The Labute approximate surface area is 103 Å². The highest BCUT2D eigenvalue weighted by atomic mass is 16.2. The second-order valence-electron chi connectivity index (χ2n) is 4.54. The Bertz CT molecular complexity index is 250. The van der Waals surface area contributed by atoms with Crippen LogP contribution in [0.3, 0.4) is 0 Å². The molecule has 0 aromatic carbocycles. The van der Waals surface area contributed by atoms with Crippen LogP contribution in [0.15, 0.2) is 0 Å². The van der Waals surface area contributed by atoms with E-state index in [0.29, 0.717) is 19.5 Å². The Morgan fingerprint density at radius 1 is 1.24 bits per heavy atom. The van der Waals surface area contributed by atoms with Gasteiger partial charge in [-0.1, -0.05) is 0 Å². The Hall–Kier alpha value is -0.940. The van der Waals surface area contributed by atoms with Crippen LogP contribution in [0.2, 0.25) is 0 Å². The Balaban J connectivity index is 1.98. The Morgan fingerprint density at radius 3 is 2.59 bits per heavy atom. The minimum atomic E-state index is 0.0923. The van der Waals surface area contributed by atoms with E-state index in [1.54, 1.807) is 6.92 Å². The highest BCUT2D eigenvalue weighted by molar-refractivity contribution is 5.78. The van der Waals surface area contributed by atoms with Gasteiger partial charge in [-0.25, -0.2) is 0 Å². The summed E-state index contributed by atoms with van der Waals surface area (Å²) >= 11 is 0. The summed E-state index contributed by atoms with van der Waals surface area (Å²) in [5.74, 6) is 0.312. The number of Topliss-reactive ketones (excluding diaryl/α,β-unsaturated/α-hetero) is 1. The highest BCUT2D eigenvalue weighted by Crippen LogP contribution is 1.95. The van der Waals surface area contributed by atoms with Gasteiger partial charge in [-0.2, -0.15) is 0 Å². The zero-order valence-corrected chi connectivity index (χ0v) is 10.6. The molecule has 0 aromatic rings. The fourth-order valence-corrected chi connectivity index (χ4v) is 1.86. The number of nitrogens with one attached hydrogen (secondary N) is 2. The van der Waals surface area contributed by atoms with Gasteiger partial charge in [-0.05, 0) is 19.8 Å². The van der Waals surface area contributed by atoms with Crippen LogP contribution < -0.4 is 10.6 Å². The standard InChI is InChI=1S/C12H23N3O2/c1-11(16)4-2-3-5-14-12(17)10-15-8-6-13-7-9-15/h13H,2-10H2,1H3,(H,14,17). The van der Waals surface area contributed by atoms with E-state index in [9.17, 15) is 9.59 Å². The summed E-state index contributed by atoms with van der Waals surface area (Å²) in [6.07, 6.45) is 2.36. The van der Waals surface area contributed by atoms with Gasteiger partial charge in [0.25, 0.3) is 0 Å². The average Bonchev–Trinajstić information content (AvgIpc) is 2.29. The minimum absolute atomic E-state index is 0.0923. The molecule has 1 heterocycles. The first-order valence-electron chi connectivity index (χ1n) is 6.37. The largest absolute Gasteiger partial charge is 0.355 e. The van der Waals surface area contributed by atoms with Crippen LogP contribution in [0, 0.1) is 0 Å². The molecule has 0 spiro atoms. The molecule has 1 rings (SSSR count). The monoisotopic (exact) mass is 241 g/mol. The summed E-state index contributed by atoms with van der Waals surface area (Å²) in [5.41, 5.74) is 0.